The fraction of sp³-hybridized carbons (Fsp3) is 0.960. The summed E-state index contributed by atoms with van der Waals surface area (Å²) in [6.07, 6.45) is 18.0. The molecule has 0 fully saturated rings. The maximum absolute atomic E-state index is 11.0. The van der Waals surface area contributed by atoms with Gasteiger partial charge in [-0.05, 0) is 32.2 Å². The van der Waals surface area contributed by atoms with Crippen molar-refractivity contribution >= 4 is 17.7 Å². The van der Waals surface area contributed by atoms with Gasteiger partial charge >= 0.3 is 0 Å². The van der Waals surface area contributed by atoms with Crippen LogP contribution in [0.3, 0.4) is 0 Å². The Morgan fingerprint density at radius 2 is 1.13 bits per heavy atom. The molecule has 5 heteroatoms. The van der Waals surface area contributed by atoms with Crippen LogP contribution in [-0.4, -0.2) is 52.1 Å². The highest BCUT2D eigenvalue weighted by Crippen LogP contribution is 2.13. The third-order valence-corrected chi connectivity index (χ3v) is 6.06. The van der Waals surface area contributed by atoms with E-state index in [1.54, 1.807) is 0 Å². The summed E-state index contributed by atoms with van der Waals surface area (Å²) < 4.78 is 0. The van der Waals surface area contributed by atoms with Gasteiger partial charge in [-0.1, -0.05) is 90.9 Å². The molecule has 0 bridgehead atoms. The van der Waals surface area contributed by atoms with Crippen molar-refractivity contribution in [1.29, 1.82) is 0 Å². The Morgan fingerprint density at radius 1 is 0.700 bits per heavy atom. The Morgan fingerprint density at radius 3 is 1.57 bits per heavy atom. The van der Waals surface area contributed by atoms with Crippen molar-refractivity contribution in [2.75, 3.05) is 19.6 Å². The van der Waals surface area contributed by atoms with Crippen LogP contribution in [0.5, 0.6) is 0 Å². The van der Waals surface area contributed by atoms with Crippen LogP contribution in [0.2, 0.25) is 0 Å². The lowest BCUT2D eigenvalue weighted by Gasteiger charge is -2.27. The van der Waals surface area contributed by atoms with Gasteiger partial charge in [0.25, 0.3) is 0 Å². The predicted octanol–water partition coefficient (Wildman–Crippen LogP) is 6.14. The van der Waals surface area contributed by atoms with Crippen molar-refractivity contribution in [2.24, 2.45) is 0 Å². The molecule has 0 aromatic carbocycles. The number of carbonyl (C=O) groups excluding carboxylic acids is 1. The van der Waals surface area contributed by atoms with Gasteiger partial charge in [-0.2, -0.15) is 0 Å². The van der Waals surface area contributed by atoms with Crippen LogP contribution in [0, 0.1) is 0 Å². The summed E-state index contributed by atoms with van der Waals surface area (Å²) in [6.45, 7) is 6.52. The average molecular weight is 446 g/mol. The van der Waals surface area contributed by atoms with E-state index in [4.69, 9.17) is 0 Å². The van der Waals surface area contributed by atoms with Crippen LogP contribution in [0.4, 0.5) is 0 Å². The molecule has 0 spiro atoms. The molecule has 0 aromatic heterocycles. The number of unbranched alkanes of at least 4 members (excludes halogenated alkanes) is 11. The van der Waals surface area contributed by atoms with Gasteiger partial charge in [0.05, 0.1) is 12.2 Å². The molecule has 0 rings (SSSR count). The zero-order valence-corrected chi connectivity index (χ0v) is 20.9. The number of rotatable bonds is 23. The van der Waals surface area contributed by atoms with E-state index in [-0.39, 0.29) is 17.3 Å². The van der Waals surface area contributed by atoms with E-state index in [1.165, 1.54) is 64.2 Å². The maximum atomic E-state index is 11.0. The molecule has 2 N–H and O–H groups in total. The summed E-state index contributed by atoms with van der Waals surface area (Å²) in [5.41, 5.74) is 0. The highest BCUT2D eigenvalue weighted by atomic mass is 32.1. The molecule has 2 unspecified atom stereocenters. The molecule has 0 radical (unpaired) electrons. The smallest absolute Gasteiger partial charge is 0.185 e. The summed E-state index contributed by atoms with van der Waals surface area (Å²) in [6, 6.07) is 0. The average Bonchev–Trinajstić information content (AvgIpc) is 2.70. The number of hydrogen-bond donors (Lipinski definition) is 3. The van der Waals surface area contributed by atoms with Crippen LogP contribution in [0.25, 0.3) is 0 Å². The largest absolute Gasteiger partial charge is 0.392 e. The van der Waals surface area contributed by atoms with Gasteiger partial charge in [-0.3, -0.25) is 9.69 Å². The third kappa shape index (κ3) is 21.1. The quantitative estimate of drug-likeness (QED) is 0.131. The fourth-order valence-corrected chi connectivity index (χ4v) is 4.13. The van der Waals surface area contributed by atoms with Crippen molar-refractivity contribution in [3.8, 4) is 0 Å². The minimum absolute atomic E-state index is 0.0623. The molecule has 0 amide bonds. The summed E-state index contributed by atoms with van der Waals surface area (Å²) in [7, 11) is 0. The lowest BCUT2D eigenvalue weighted by atomic mass is 10.1. The van der Waals surface area contributed by atoms with Crippen molar-refractivity contribution in [3.63, 3.8) is 0 Å². The van der Waals surface area contributed by atoms with E-state index >= 15 is 0 Å². The SMILES string of the molecule is CCCCCCCCC(O)CN(CCCCC(=O)S)CC(O)CCCCCCCC. The highest BCUT2D eigenvalue weighted by Gasteiger charge is 2.15. The summed E-state index contributed by atoms with van der Waals surface area (Å²) in [5.74, 6) is 0. The van der Waals surface area contributed by atoms with E-state index in [1.807, 2.05) is 0 Å². The Balaban J connectivity index is 4.19. The van der Waals surface area contributed by atoms with E-state index in [0.717, 1.165) is 45.1 Å². The van der Waals surface area contributed by atoms with Crippen molar-refractivity contribution in [1.82, 2.24) is 4.90 Å². The second-order valence-corrected chi connectivity index (χ2v) is 9.53. The first-order valence-corrected chi connectivity index (χ1v) is 13.2. The van der Waals surface area contributed by atoms with Crippen LogP contribution in [0.1, 0.15) is 123 Å². The number of thiol groups is 1. The van der Waals surface area contributed by atoms with Gasteiger partial charge in [0, 0.05) is 19.5 Å². The normalized spacial score (nSPS) is 13.7. The highest BCUT2D eigenvalue weighted by molar-refractivity contribution is 7.96. The van der Waals surface area contributed by atoms with Gasteiger partial charge in [0.1, 0.15) is 0 Å². The Kier molecular flexibility index (Phi) is 22.0. The van der Waals surface area contributed by atoms with Crippen molar-refractivity contribution < 1.29 is 15.0 Å². The zero-order valence-electron chi connectivity index (χ0n) is 20.0. The molecule has 0 heterocycles. The molecule has 30 heavy (non-hydrogen) atoms. The molecule has 0 saturated carbocycles. The molecular formula is C25H51NO3S. The number of aliphatic hydroxyl groups excluding tert-OH is 2. The standard InChI is InChI=1S/C25H51NO3S/c1-3-5-7-9-11-13-17-23(27)21-26(20-16-15-19-25(29)30)22-24(28)18-14-12-10-8-6-4-2/h23-24,27-28H,3-22H2,1-2H3,(H,29,30). The van der Waals surface area contributed by atoms with Gasteiger partial charge in [0.2, 0.25) is 0 Å². The molecule has 0 aliphatic rings. The van der Waals surface area contributed by atoms with E-state index in [9.17, 15) is 15.0 Å². The van der Waals surface area contributed by atoms with Crippen LogP contribution < -0.4 is 0 Å². The first-order chi connectivity index (χ1) is 14.5. The van der Waals surface area contributed by atoms with Gasteiger partial charge in [-0.15, -0.1) is 12.6 Å². The fourth-order valence-electron chi connectivity index (χ4n) is 3.97. The minimum Gasteiger partial charge on any atom is -0.392 e. The summed E-state index contributed by atoms with van der Waals surface area (Å²) >= 11 is 3.84. The topological polar surface area (TPSA) is 60.8 Å². The Hall–Kier alpha value is -0.100. The number of nitrogens with zero attached hydrogens (tertiary/aromatic N) is 1. The first kappa shape index (κ1) is 29.9. The van der Waals surface area contributed by atoms with Gasteiger partial charge in [0.15, 0.2) is 5.12 Å². The van der Waals surface area contributed by atoms with Crippen molar-refractivity contribution in [3.05, 3.63) is 0 Å². The van der Waals surface area contributed by atoms with Gasteiger partial charge in [-0.25, -0.2) is 0 Å². The molecule has 0 aliphatic carbocycles. The number of aliphatic hydroxyl groups is 2. The molecular weight excluding hydrogens is 394 g/mol. The zero-order chi connectivity index (χ0) is 22.5. The van der Waals surface area contributed by atoms with Crippen LogP contribution in [0.15, 0.2) is 0 Å². The van der Waals surface area contributed by atoms with Gasteiger partial charge < -0.3 is 10.2 Å². The molecule has 0 aromatic rings. The first-order valence-electron chi connectivity index (χ1n) is 12.8. The molecule has 4 nitrogen and oxygen atoms in total. The van der Waals surface area contributed by atoms with E-state index in [2.05, 4.69) is 31.4 Å². The van der Waals surface area contributed by atoms with Crippen LogP contribution in [-0.2, 0) is 4.79 Å². The molecule has 0 aliphatic heterocycles. The van der Waals surface area contributed by atoms with E-state index in [0.29, 0.717) is 19.5 Å². The molecule has 0 saturated heterocycles. The monoisotopic (exact) mass is 445 g/mol. The lowest BCUT2D eigenvalue weighted by Crippen LogP contribution is -2.38. The minimum atomic E-state index is -0.330. The Bertz CT molecular complexity index is 357. The van der Waals surface area contributed by atoms with Crippen LogP contribution >= 0.6 is 12.6 Å². The maximum Gasteiger partial charge on any atom is 0.185 e. The summed E-state index contributed by atoms with van der Waals surface area (Å²) in [4.78, 5) is 13.2. The van der Waals surface area contributed by atoms with E-state index < -0.39 is 0 Å². The number of hydrogen-bond acceptors (Lipinski definition) is 4. The predicted molar refractivity (Wildman–Crippen MR) is 132 cm³/mol. The number of carbonyl (C=O) groups is 1. The second kappa shape index (κ2) is 22.1. The lowest BCUT2D eigenvalue weighted by molar-refractivity contribution is -0.110. The van der Waals surface area contributed by atoms with Crippen molar-refractivity contribution in [2.45, 2.75) is 135 Å². The summed E-state index contributed by atoms with van der Waals surface area (Å²) in [5, 5.41) is 20.9. The molecule has 2 atom stereocenters. The Labute approximate surface area is 192 Å². The second-order valence-electron chi connectivity index (χ2n) is 9.03. The molecule has 180 valence electrons. The third-order valence-electron chi connectivity index (χ3n) is 5.83.